The van der Waals surface area contributed by atoms with Crippen LogP contribution < -0.4 is 5.73 Å². The van der Waals surface area contributed by atoms with Gasteiger partial charge in [0.2, 0.25) is 0 Å². The van der Waals surface area contributed by atoms with Gasteiger partial charge in [-0.15, -0.1) is 0 Å². The number of unbranched alkanes of at least 4 members (excludes halogenated alkanes) is 3. The Morgan fingerprint density at radius 3 is 2.45 bits per heavy atom. The van der Waals surface area contributed by atoms with Crippen molar-refractivity contribution >= 4 is 0 Å². The van der Waals surface area contributed by atoms with Gasteiger partial charge in [0.05, 0.1) is 0 Å². The van der Waals surface area contributed by atoms with Crippen molar-refractivity contribution in [2.45, 2.75) is 32.1 Å². The van der Waals surface area contributed by atoms with Crippen molar-refractivity contribution in [1.82, 2.24) is 0 Å². The number of ether oxygens (including phenoxy) is 1. The van der Waals surface area contributed by atoms with Crippen LogP contribution in [0.1, 0.15) is 32.1 Å². The predicted octanol–water partition coefficient (Wildman–Crippen LogP) is 2.06. The van der Waals surface area contributed by atoms with Crippen LogP contribution in [0.4, 0.5) is 0 Å². The van der Waals surface area contributed by atoms with Crippen molar-refractivity contribution in [3.63, 3.8) is 0 Å². The molecular formula is C9H19NO. The Hall–Kier alpha value is -0.500. The van der Waals surface area contributed by atoms with E-state index in [9.17, 15) is 0 Å². The number of hydrogen-bond donors (Lipinski definition) is 1. The summed E-state index contributed by atoms with van der Waals surface area (Å²) < 4.78 is 4.93. The molecule has 0 aliphatic heterocycles. The van der Waals surface area contributed by atoms with Gasteiger partial charge in [0, 0.05) is 19.4 Å². The first-order chi connectivity index (χ1) is 5.27. The molecule has 0 radical (unpaired) electrons. The Morgan fingerprint density at radius 2 is 1.91 bits per heavy atom. The monoisotopic (exact) mass is 157 g/mol. The van der Waals surface area contributed by atoms with Crippen LogP contribution in [0.3, 0.4) is 0 Å². The first-order valence-corrected chi connectivity index (χ1v) is 4.19. The molecule has 0 aromatic rings. The summed E-state index contributed by atoms with van der Waals surface area (Å²) in [5.74, 6) is 0. The van der Waals surface area contributed by atoms with E-state index in [-0.39, 0.29) is 0 Å². The third-order valence-corrected chi connectivity index (χ3v) is 1.60. The minimum atomic E-state index is 0.803. The van der Waals surface area contributed by atoms with E-state index in [0.717, 1.165) is 25.1 Å². The lowest BCUT2D eigenvalue weighted by molar-refractivity contribution is 0.192. The maximum Gasteiger partial charge on any atom is 0.0462 e. The number of methoxy groups -OCH3 is 1. The van der Waals surface area contributed by atoms with Crippen LogP contribution in [0.5, 0.6) is 0 Å². The van der Waals surface area contributed by atoms with Crippen LogP contribution in [0, 0.1) is 0 Å². The van der Waals surface area contributed by atoms with Crippen LogP contribution >= 0.6 is 0 Å². The van der Waals surface area contributed by atoms with Gasteiger partial charge in [-0.05, 0) is 19.3 Å². The van der Waals surface area contributed by atoms with Gasteiger partial charge in [0.25, 0.3) is 0 Å². The molecule has 0 unspecified atom stereocenters. The van der Waals surface area contributed by atoms with Gasteiger partial charge in [0.15, 0.2) is 0 Å². The molecule has 0 aromatic heterocycles. The van der Waals surface area contributed by atoms with E-state index in [1.807, 2.05) is 0 Å². The molecule has 2 heteroatoms. The summed E-state index contributed by atoms with van der Waals surface area (Å²) in [6, 6.07) is 0. The highest BCUT2D eigenvalue weighted by atomic mass is 16.5. The van der Waals surface area contributed by atoms with Gasteiger partial charge in [-0.25, -0.2) is 0 Å². The smallest absolute Gasteiger partial charge is 0.0462 e. The average Bonchev–Trinajstić information content (AvgIpc) is 1.96. The van der Waals surface area contributed by atoms with Gasteiger partial charge < -0.3 is 10.5 Å². The molecule has 0 spiro atoms. The normalized spacial score (nSPS) is 9.91. The first-order valence-electron chi connectivity index (χ1n) is 4.19. The molecule has 0 atom stereocenters. The zero-order valence-electron chi connectivity index (χ0n) is 7.44. The van der Waals surface area contributed by atoms with Gasteiger partial charge in [0.1, 0.15) is 0 Å². The molecule has 2 N–H and O–H groups in total. The molecule has 0 aliphatic rings. The summed E-state index contributed by atoms with van der Waals surface area (Å²) in [5, 5.41) is 0. The van der Waals surface area contributed by atoms with E-state index in [1.165, 1.54) is 19.3 Å². The summed E-state index contributed by atoms with van der Waals surface area (Å²) in [5.41, 5.74) is 6.22. The maximum atomic E-state index is 5.41. The second kappa shape index (κ2) is 7.61. The van der Waals surface area contributed by atoms with E-state index in [4.69, 9.17) is 10.5 Å². The highest BCUT2D eigenvalue weighted by Gasteiger charge is 1.90. The Labute approximate surface area is 69.4 Å². The second-order valence-corrected chi connectivity index (χ2v) is 2.82. The Bertz CT molecular complexity index is 102. The molecular weight excluding hydrogens is 138 g/mol. The Kier molecular flexibility index (Phi) is 7.26. The molecule has 0 saturated heterocycles. The summed E-state index contributed by atoms with van der Waals surface area (Å²) in [6.45, 7) is 4.52. The fourth-order valence-corrected chi connectivity index (χ4v) is 0.952. The predicted molar refractivity (Wildman–Crippen MR) is 48.3 cm³/mol. The SMILES string of the molecule is C=C(N)CCCCCCOC. The first kappa shape index (κ1) is 10.5. The number of nitrogens with two attached hydrogens (primary N) is 1. The third kappa shape index (κ3) is 9.50. The largest absolute Gasteiger partial charge is 0.403 e. The maximum absolute atomic E-state index is 5.41. The van der Waals surface area contributed by atoms with E-state index < -0.39 is 0 Å². The molecule has 0 saturated carbocycles. The number of allylic oxidation sites excluding steroid dienone is 1. The van der Waals surface area contributed by atoms with E-state index in [0.29, 0.717) is 0 Å². The summed E-state index contributed by atoms with van der Waals surface area (Å²) >= 11 is 0. The topological polar surface area (TPSA) is 35.2 Å². The van der Waals surface area contributed by atoms with Crippen molar-refractivity contribution in [2.75, 3.05) is 13.7 Å². The lowest BCUT2D eigenvalue weighted by atomic mass is 10.1. The molecule has 2 nitrogen and oxygen atoms in total. The third-order valence-electron chi connectivity index (χ3n) is 1.60. The van der Waals surface area contributed by atoms with Crippen LogP contribution in [0.15, 0.2) is 12.3 Å². The number of hydrogen-bond acceptors (Lipinski definition) is 2. The molecule has 0 aromatic carbocycles. The molecule has 66 valence electrons. The molecule has 0 heterocycles. The van der Waals surface area contributed by atoms with Crippen molar-refractivity contribution < 1.29 is 4.74 Å². The van der Waals surface area contributed by atoms with Crippen molar-refractivity contribution in [3.05, 3.63) is 12.3 Å². The summed E-state index contributed by atoms with van der Waals surface area (Å²) in [4.78, 5) is 0. The summed E-state index contributed by atoms with van der Waals surface area (Å²) in [6.07, 6.45) is 5.76. The lowest BCUT2D eigenvalue weighted by Gasteiger charge is -2.00. The van der Waals surface area contributed by atoms with Crippen LogP contribution in [0.25, 0.3) is 0 Å². The van der Waals surface area contributed by atoms with E-state index in [2.05, 4.69) is 6.58 Å². The van der Waals surface area contributed by atoms with E-state index in [1.54, 1.807) is 7.11 Å². The molecule has 0 bridgehead atoms. The van der Waals surface area contributed by atoms with Crippen LogP contribution in [-0.2, 0) is 4.74 Å². The summed E-state index contributed by atoms with van der Waals surface area (Å²) in [7, 11) is 1.74. The second-order valence-electron chi connectivity index (χ2n) is 2.82. The highest BCUT2D eigenvalue weighted by Crippen LogP contribution is 2.04. The zero-order valence-corrected chi connectivity index (χ0v) is 7.44. The number of rotatable bonds is 7. The van der Waals surface area contributed by atoms with E-state index >= 15 is 0 Å². The fourth-order valence-electron chi connectivity index (χ4n) is 0.952. The van der Waals surface area contributed by atoms with Crippen LogP contribution in [-0.4, -0.2) is 13.7 Å². The molecule has 0 rings (SSSR count). The lowest BCUT2D eigenvalue weighted by Crippen LogP contribution is -1.94. The van der Waals surface area contributed by atoms with Crippen molar-refractivity contribution in [3.8, 4) is 0 Å². The van der Waals surface area contributed by atoms with Crippen molar-refractivity contribution in [2.24, 2.45) is 5.73 Å². The Balaban J connectivity index is 2.85. The quantitative estimate of drug-likeness (QED) is 0.574. The zero-order chi connectivity index (χ0) is 8.53. The van der Waals surface area contributed by atoms with Gasteiger partial charge in [-0.3, -0.25) is 0 Å². The van der Waals surface area contributed by atoms with Crippen LogP contribution in [0.2, 0.25) is 0 Å². The average molecular weight is 157 g/mol. The molecule has 0 aliphatic carbocycles. The van der Waals surface area contributed by atoms with Gasteiger partial charge in [-0.1, -0.05) is 19.4 Å². The molecule has 0 amide bonds. The fraction of sp³-hybridized carbons (Fsp3) is 0.778. The molecule has 0 fully saturated rings. The standard InChI is InChI=1S/C9H19NO/c1-9(10)7-5-3-4-6-8-11-2/h1,3-8,10H2,2H3. The highest BCUT2D eigenvalue weighted by molar-refractivity contribution is 4.84. The Morgan fingerprint density at radius 1 is 1.27 bits per heavy atom. The van der Waals surface area contributed by atoms with Gasteiger partial charge in [-0.2, -0.15) is 0 Å². The van der Waals surface area contributed by atoms with Crippen molar-refractivity contribution in [1.29, 1.82) is 0 Å². The minimum absolute atomic E-state index is 0.803. The minimum Gasteiger partial charge on any atom is -0.403 e. The molecule has 11 heavy (non-hydrogen) atoms. The van der Waals surface area contributed by atoms with Gasteiger partial charge >= 0.3 is 0 Å².